The summed E-state index contributed by atoms with van der Waals surface area (Å²) in [6.45, 7) is 3.71. The van der Waals surface area contributed by atoms with Gasteiger partial charge in [0.15, 0.2) is 0 Å². The lowest BCUT2D eigenvalue weighted by molar-refractivity contribution is 0.240. The number of carbonyl (C=O) groups excluding carboxylic acids is 1. The third-order valence-electron chi connectivity index (χ3n) is 3.71. The Kier molecular flexibility index (Phi) is 5.76. The molecular formula is C18H21N7O. The number of hydrogen-bond acceptors (Lipinski definition) is 5. The Balaban J connectivity index is 1.46. The van der Waals surface area contributed by atoms with Gasteiger partial charge >= 0.3 is 6.03 Å². The summed E-state index contributed by atoms with van der Waals surface area (Å²) >= 11 is 0. The highest BCUT2D eigenvalue weighted by atomic mass is 16.2. The smallest absolute Gasteiger partial charge is 0.315 e. The van der Waals surface area contributed by atoms with Crippen molar-refractivity contribution in [1.82, 2.24) is 30.6 Å². The van der Waals surface area contributed by atoms with Crippen molar-refractivity contribution < 1.29 is 4.79 Å². The van der Waals surface area contributed by atoms with Crippen molar-refractivity contribution in [3.63, 3.8) is 0 Å². The third kappa shape index (κ3) is 4.79. The summed E-state index contributed by atoms with van der Waals surface area (Å²) < 4.78 is 1.68. The zero-order valence-electron chi connectivity index (χ0n) is 14.5. The second kappa shape index (κ2) is 8.61. The molecule has 3 N–H and O–H groups in total. The molecule has 2 aromatic heterocycles. The molecule has 8 nitrogen and oxygen atoms in total. The molecule has 2 heterocycles. The van der Waals surface area contributed by atoms with Crippen LogP contribution in [0.15, 0.2) is 55.0 Å². The van der Waals surface area contributed by atoms with Crippen LogP contribution in [0.25, 0.3) is 5.69 Å². The minimum absolute atomic E-state index is 0.216. The molecule has 0 aliphatic heterocycles. The Labute approximate surface area is 151 Å². The van der Waals surface area contributed by atoms with Crippen molar-refractivity contribution in [3.05, 3.63) is 66.1 Å². The highest BCUT2D eigenvalue weighted by Crippen LogP contribution is 2.08. The first kappa shape index (κ1) is 17.4. The fourth-order valence-electron chi connectivity index (χ4n) is 2.40. The Morgan fingerprint density at radius 1 is 1.04 bits per heavy atom. The van der Waals surface area contributed by atoms with Crippen LogP contribution >= 0.6 is 0 Å². The number of benzene rings is 1. The van der Waals surface area contributed by atoms with Gasteiger partial charge in [0.25, 0.3) is 0 Å². The molecule has 0 fully saturated rings. The molecular weight excluding hydrogens is 330 g/mol. The van der Waals surface area contributed by atoms with E-state index in [4.69, 9.17) is 0 Å². The van der Waals surface area contributed by atoms with Crippen molar-refractivity contribution in [2.24, 2.45) is 0 Å². The minimum Gasteiger partial charge on any atom is -0.370 e. The molecule has 0 atom stereocenters. The standard InChI is InChI=1S/C18H21N7O/c1-2-19-17-11-15(7-8-20-17)13-22-18(26)21-12-14-3-5-16(6-4-14)25-10-9-23-24-25/h3-11H,2,12-13H2,1H3,(H,19,20)(H2,21,22,26). The summed E-state index contributed by atoms with van der Waals surface area (Å²) in [5.41, 5.74) is 2.91. The van der Waals surface area contributed by atoms with Crippen molar-refractivity contribution in [3.8, 4) is 5.69 Å². The lowest BCUT2D eigenvalue weighted by Gasteiger charge is -2.09. The maximum atomic E-state index is 12.0. The molecule has 0 radical (unpaired) electrons. The maximum absolute atomic E-state index is 12.0. The van der Waals surface area contributed by atoms with Crippen LogP contribution in [0.1, 0.15) is 18.1 Å². The van der Waals surface area contributed by atoms with Gasteiger partial charge in [-0.2, -0.15) is 0 Å². The third-order valence-corrected chi connectivity index (χ3v) is 3.71. The number of amides is 2. The predicted molar refractivity (Wildman–Crippen MR) is 98.8 cm³/mol. The number of carbonyl (C=O) groups is 1. The summed E-state index contributed by atoms with van der Waals surface area (Å²) in [5.74, 6) is 0.805. The van der Waals surface area contributed by atoms with Gasteiger partial charge in [0.2, 0.25) is 0 Å². The van der Waals surface area contributed by atoms with E-state index in [2.05, 4.69) is 31.2 Å². The molecule has 0 spiro atoms. The van der Waals surface area contributed by atoms with Gasteiger partial charge in [0, 0.05) is 25.8 Å². The summed E-state index contributed by atoms with van der Waals surface area (Å²) in [6.07, 6.45) is 5.13. The lowest BCUT2D eigenvalue weighted by Crippen LogP contribution is -2.34. The lowest BCUT2D eigenvalue weighted by atomic mass is 10.2. The number of anilines is 1. The number of aromatic nitrogens is 4. The van der Waals surface area contributed by atoms with E-state index < -0.39 is 0 Å². The molecule has 0 bridgehead atoms. The fraction of sp³-hybridized carbons (Fsp3) is 0.222. The van der Waals surface area contributed by atoms with Gasteiger partial charge in [0.1, 0.15) is 5.82 Å². The number of nitrogens with one attached hydrogen (secondary N) is 3. The van der Waals surface area contributed by atoms with Crippen molar-refractivity contribution >= 4 is 11.8 Å². The summed E-state index contributed by atoms with van der Waals surface area (Å²) in [6, 6.07) is 11.3. The molecule has 3 aromatic rings. The van der Waals surface area contributed by atoms with Crippen LogP contribution in [0.5, 0.6) is 0 Å². The van der Waals surface area contributed by atoms with Gasteiger partial charge in [-0.3, -0.25) is 0 Å². The molecule has 0 aliphatic carbocycles. The molecule has 0 unspecified atom stereocenters. The van der Waals surface area contributed by atoms with Crippen LogP contribution in [0, 0.1) is 0 Å². The van der Waals surface area contributed by atoms with Crippen molar-refractivity contribution in [2.45, 2.75) is 20.0 Å². The number of urea groups is 1. The Hall–Kier alpha value is -3.42. The van der Waals surface area contributed by atoms with Crippen LogP contribution < -0.4 is 16.0 Å². The number of hydrogen-bond donors (Lipinski definition) is 3. The number of rotatable bonds is 7. The Morgan fingerprint density at radius 2 is 1.81 bits per heavy atom. The van der Waals surface area contributed by atoms with Crippen LogP contribution in [-0.2, 0) is 13.1 Å². The first-order valence-electron chi connectivity index (χ1n) is 8.40. The van der Waals surface area contributed by atoms with Gasteiger partial charge in [-0.1, -0.05) is 17.3 Å². The first-order chi connectivity index (χ1) is 12.7. The van der Waals surface area contributed by atoms with E-state index in [1.54, 1.807) is 23.3 Å². The molecule has 0 saturated carbocycles. The number of pyridine rings is 1. The summed E-state index contributed by atoms with van der Waals surface area (Å²) in [4.78, 5) is 16.2. The second-order valence-electron chi connectivity index (χ2n) is 5.63. The topological polar surface area (TPSA) is 96.8 Å². The van der Waals surface area contributed by atoms with Gasteiger partial charge in [-0.15, -0.1) is 5.10 Å². The van der Waals surface area contributed by atoms with E-state index in [1.807, 2.05) is 43.3 Å². The van der Waals surface area contributed by atoms with Gasteiger partial charge in [-0.05, 0) is 42.3 Å². The average Bonchev–Trinajstić information content (AvgIpc) is 3.20. The highest BCUT2D eigenvalue weighted by Gasteiger charge is 2.03. The van der Waals surface area contributed by atoms with Crippen LogP contribution in [0.3, 0.4) is 0 Å². The van der Waals surface area contributed by atoms with Crippen LogP contribution in [0.4, 0.5) is 10.6 Å². The van der Waals surface area contributed by atoms with E-state index in [0.29, 0.717) is 13.1 Å². The predicted octanol–water partition coefficient (Wildman–Crippen LogP) is 2.09. The normalized spacial score (nSPS) is 10.3. The van der Waals surface area contributed by atoms with Crippen molar-refractivity contribution in [2.75, 3.05) is 11.9 Å². The SMILES string of the molecule is CCNc1cc(CNC(=O)NCc2ccc(-n3ccnn3)cc2)ccn1. The quantitative estimate of drug-likeness (QED) is 0.606. The van der Waals surface area contributed by atoms with Gasteiger partial charge < -0.3 is 16.0 Å². The summed E-state index contributed by atoms with van der Waals surface area (Å²) in [7, 11) is 0. The molecule has 0 saturated heterocycles. The Bertz CT molecular complexity index is 831. The van der Waals surface area contributed by atoms with Gasteiger partial charge in [0.05, 0.1) is 18.1 Å². The molecule has 26 heavy (non-hydrogen) atoms. The molecule has 134 valence electrons. The largest absolute Gasteiger partial charge is 0.370 e. The first-order valence-corrected chi connectivity index (χ1v) is 8.40. The van der Waals surface area contributed by atoms with E-state index in [0.717, 1.165) is 29.2 Å². The number of nitrogens with zero attached hydrogens (tertiary/aromatic N) is 4. The van der Waals surface area contributed by atoms with Crippen molar-refractivity contribution in [1.29, 1.82) is 0 Å². The molecule has 8 heteroatoms. The molecule has 3 rings (SSSR count). The zero-order chi connectivity index (χ0) is 18.2. The summed E-state index contributed by atoms with van der Waals surface area (Å²) in [5, 5.41) is 16.6. The van der Waals surface area contributed by atoms with Gasteiger partial charge in [-0.25, -0.2) is 14.5 Å². The maximum Gasteiger partial charge on any atom is 0.315 e. The molecule has 1 aromatic carbocycles. The fourth-order valence-corrected chi connectivity index (χ4v) is 2.40. The highest BCUT2D eigenvalue weighted by molar-refractivity contribution is 5.73. The van der Waals surface area contributed by atoms with E-state index in [1.165, 1.54) is 0 Å². The Morgan fingerprint density at radius 3 is 2.50 bits per heavy atom. The minimum atomic E-state index is -0.216. The monoisotopic (exact) mass is 351 g/mol. The van der Waals surface area contributed by atoms with E-state index in [9.17, 15) is 4.79 Å². The van der Waals surface area contributed by atoms with E-state index >= 15 is 0 Å². The van der Waals surface area contributed by atoms with Crippen LogP contribution in [-0.4, -0.2) is 32.6 Å². The van der Waals surface area contributed by atoms with E-state index in [-0.39, 0.29) is 6.03 Å². The zero-order valence-corrected chi connectivity index (χ0v) is 14.5. The molecule has 0 aliphatic rings. The van der Waals surface area contributed by atoms with Crippen LogP contribution in [0.2, 0.25) is 0 Å². The average molecular weight is 351 g/mol. The molecule has 2 amide bonds. The second-order valence-corrected chi connectivity index (χ2v) is 5.63.